The molecule has 0 bridgehead atoms. The lowest BCUT2D eigenvalue weighted by molar-refractivity contribution is -0.148. The average Bonchev–Trinajstić information content (AvgIpc) is 2.63. The van der Waals surface area contributed by atoms with Crippen LogP contribution in [-0.4, -0.2) is 44.9 Å². The van der Waals surface area contributed by atoms with E-state index in [4.69, 9.17) is 5.11 Å². The summed E-state index contributed by atoms with van der Waals surface area (Å²) in [6.07, 6.45) is 0. The fourth-order valence-electron chi connectivity index (χ4n) is 1.21. The number of nitrogens with zero attached hydrogens (tertiary/aromatic N) is 1. The predicted molar refractivity (Wildman–Crippen MR) is 58.6 cm³/mol. The Balaban J connectivity index is 2.67. The van der Waals surface area contributed by atoms with Crippen molar-refractivity contribution in [3.8, 4) is 0 Å². The SMILES string of the molecule is CC(CBr)C(=O)N1CSCC1C(=O)O. The summed E-state index contributed by atoms with van der Waals surface area (Å²) in [5.74, 6) is -0.164. The van der Waals surface area contributed by atoms with Gasteiger partial charge in [-0.05, 0) is 0 Å². The molecule has 2 atom stereocenters. The van der Waals surface area contributed by atoms with Gasteiger partial charge in [-0.2, -0.15) is 0 Å². The molecule has 1 aliphatic rings. The second kappa shape index (κ2) is 5.02. The molecule has 0 aliphatic carbocycles. The number of carboxylic acid groups (broad SMARTS) is 1. The van der Waals surface area contributed by atoms with Gasteiger partial charge in [0.2, 0.25) is 5.91 Å². The van der Waals surface area contributed by atoms with Gasteiger partial charge in [-0.3, -0.25) is 4.79 Å². The van der Waals surface area contributed by atoms with Crippen LogP contribution in [0.25, 0.3) is 0 Å². The lowest BCUT2D eigenvalue weighted by atomic mass is 10.1. The number of alkyl halides is 1. The van der Waals surface area contributed by atoms with E-state index >= 15 is 0 Å². The number of carbonyl (C=O) groups is 2. The van der Waals surface area contributed by atoms with E-state index in [1.165, 1.54) is 16.7 Å². The van der Waals surface area contributed by atoms with Crippen LogP contribution in [0.4, 0.5) is 0 Å². The van der Waals surface area contributed by atoms with E-state index in [0.717, 1.165) is 0 Å². The summed E-state index contributed by atoms with van der Waals surface area (Å²) in [4.78, 5) is 24.0. The molecule has 6 heteroatoms. The first kappa shape index (κ1) is 11.8. The van der Waals surface area contributed by atoms with E-state index in [-0.39, 0.29) is 11.8 Å². The Labute approximate surface area is 95.2 Å². The molecule has 80 valence electrons. The highest BCUT2D eigenvalue weighted by Crippen LogP contribution is 2.23. The monoisotopic (exact) mass is 281 g/mol. The fourth-order valence-corrected chi connectivity index (χ4v) is 2.65. The smallest absolute Gasteiger partial charge is 0.327 e. The normalized spacial score (nSPS) is 23.6. The van der Waals surface area contributed by atoms with Crippen molar-refractivity contribution in [3.05, 3.63) is 0 Å². The molecule has 2 unspecified atom stereocenters. The van der Waals surface area contributed by atoms with Gasteiger partial charge in [0.05, 0.1) is 5.88 Å². The van der Waals surface area contributed by atoms with Crippen LogP contribution in [-0.2, 0) is 9.59 Å². The number of thioether (sulfide) groups is 1. The molecule has 0 spiro atoms. The van der Waals surface area contributed by atoms with E-state index in [0.29, 0.717) is 17.0 Å². The van der Waals surface area contributed by atoms with Crippen LogP contribution >= 0.6 is 27.7 Å². The van der Waals surface area contributed by atoms with Crippen LogP contribution in [0, 0.1) is 5.92 Å². The second-order valence-electron chi connectivity index (χ2n) is 3.22. The van der Waals surface area contributed by atoms with Gasteiger partial charge < -0.3 is 10.0 Å². The second-order valence-corrected chi connectivity index (χ2v) is 4.86. The number of amides is 1. The maximum absolute atomic E-state index is 11.7. The molecule has 0 aromatic rings. The highest BCUT2D eigenvalue weighted by molar-refractivity contribution is 9.09. The molecule has 14 heavy (non-hydrogen) atoms. The Morgan fingerprint density at radius 2 is 2.36 bits per heavy atom. The zero-order chi connectivity index (χ0) is 10.7. The topological polar surface area (TPSA) is 57.6 Å². The molecule has 1 heterocycles. The van der Waals surface area contributed by atoms with Crippen molar-refractivity contribution in [1.82, 2.24) is 4.90 Å². The van der Waals surface area contributed by atoms with E-state index < -0.39 is 12.0 Å². The van der Waals surface area contributed by atoms with Crippen LogP contribution in [0.5, 0.6) is 0 Å². The van der Waals surface area contributed by atoms with Crippen LogP contribution in [0.3, 0.4) is 0 Å². The summed E-state index contributed by atoms with van der Waals surface area (Å²) in [7, 11) is 0. The third-order valence-corrected chi connectivity index (χ3v) is 4.09. The summed E-state index contributed by atoms with van der Waals surface area (Å²) >= 11 is 4.70. The van der Waals surface area contributed by atoms with E-state index in [2.05, 4.69) is 15.9 Å². The largest absolute Gasteiger partial charge is 0.480 e. The zero-order valence-electron chi connectivity index (χ0n) is 7.77. The van der Waals surface area contributed by atoms with Crippen molar-refractivity contribution < 1.29 is 14.7 Å². The van der Waals surface area contributed by atoms with Gasteiger partial charge in [0.1, 0.15) is 6.04 Å². The molecule has 4 nitrogen and oxygen atoms in total. The Bertz CT molecular complexity index is 249. The third-order valence-electron chi connectivity index (χ3n) is 2.10. The minimum Gasteiger partial charge on any atom is -0.480 e. The van der Waals surface area contributed by atoms with Crippen LogP contribution < -0.4 is 0 Å². The van der Waals surface area contributed by atoms with Gasteiger partial charge >= 0.3 is 5.97 Å². The molecule has 1 aliphatic heterocycles. The van der Waals surface area contributed by atoms with Crippen molar-refractivity contribution >= 4 is 39.6 Å². The standard InChI is InChI=1S/C8H12BrNO3S/c1-5(2-9)7(11)10-4-14-3-6(10)8(12)13/h5-6H,2-4H2,1H3,(H,12,13). The highest BCUT2D eigenvalue weighted by atomic mass is 79.9. The number of carbonyl (C=O) groups excluding carboxylic acids is 1. The Morgan fingerprint density at radius 1 is 1.71 bits per heavy atom. The molecule has 0 aromatic carbocycles. The highest BCUT2D eigenvalue weighted by Gasteiger charge is 2.35. The van der Waals surface area contributed by atoms with Gasteiger partial charge in [0, 0.05) is 17.0 Å². The van der Waals surface area contributed by atoms with E-state index in [9.17, 15) is 9.59 Å². The number of hydrogen-bond acceptors (Lipinski definition) is 3. The molecule has 0 saturated carbocycles. The minimum atomic E-state index is -0.912. The lowest BCUT2D eigenvalue weighted by Gasteiger charge is -2.23. The maximum atomic E-state index is 11.7. The Morgan fingerprint density at radius 3 is 2.86 bits per heavy atom. The van der Waals surface area contributed by atoms with E-state index in [1.54, 1.807) is 6.92 Å². The molecule has 1 saturated heterocycles. The number of rotatable bonds is 3. The average molecular weight is 282 g/mol. The third kappa shape index (κ3) is 2.42. The summed E-state index contributed by atoms with van der Waals surface area (Å²) in [5.41, 5.74) is 0. The van der Waals surface area contributed by atoms with Crippen LogP contribution in [0.2, 0.25) is 0 Å². The molecule has 0 aromatic heterocycles. The van der Waals surface area contributed by atoms with Crippen LogP contribution in [0.1, 0.15) is 6.92 Å². The Kier molecular flexibility index (Phi) is 4.25. The van der Waals surface area contributed by atoms with Gasteiger partial charge in [-0.15, -0.1) is 11.8 Å². The molecular weight excluding hydrogens is 270 g/mol. The van der Waals surface area contributed by atoms with Crippen molar-refractivity contribution in [3.63, 3.8) is 0 Å². The summed E-state index contributed by atoms with van der Waals surface area (Å²) in [6.45, 7) is 1.79. The van der Waals surface area contributed by atoms with E-state index in [1.807, 2.05) is 0 Å². The number of carboxylic acids is 1. The summed E-state index contributed by atoms with van der Waals surface area (Å²) in [6, 6.07) is -0.644. The fraction of sp³-hybridized carbons (Fsp3) is 0.750. The Hall–Kier alpha value is -0.230. The van der Waals surface area contributed by atoms with Crippen molar-refractivity contribution in [2.75, 3.05) is 17.0 Å². The molecule has 0 radical (unpaired) electrons. The first-order valence-corrected chi connectivity index (χ1v) is 6.52. The minimum absolute atomic E-state index is 0.0840. The van der Waals surface area contributed by atoms with Crippen molar-refractivity contribution in [1.29, 1.82) is 0 Å². The molecule has 1 fully saturated rings. The lowest BCUT2D eigenvalue weighted by Crippen LogP contribution is -2.44. The van der Waals surface area contributed by atoms with Crippen molar-refractivity contribution in [2.24, 2.45) is 5.92 Å². The molecule has 1 rings (SSSR count). The van der Waals surface area contributed by atoms with Gasteiger partial charge in [-0.25, -0.2) is 4.79 Å². The van der Waals surface area contributed by atoms with Gasteiger partial charge in [0.25, 0.3) is 0 Å². The number of hydrogen-bond donors (Lipinski definition) is 1. The van der Waals surface area contributed by atoms with Crippen LogP contribution in [0.15, 0.2) is 0 Å². The van der Waals surface area contributed by atoms with Gasteiger partial charge in [0.15, 0.2) is 0 Å². The zero-order valence-corrected chi connectivity index (χ0v) is 10.2. The molecule has 1 N–H and O–H groups in total. The quantitative estimate of drug-likeness (QED) is 0.785. The first-order chi connectivity index (χ1) is 6.57. The van der Waals surface area contributed by atoms with Crippen molar-refractivity contribution in [2.45, 2.75) is 13.0 Å². The molecule has 1 amide bonds. The molecular formula is C8H12BrNO3S. The summed E-state index contributed by atoms with van der Waals surface area (Å²) < 4.78 is 0. The first-order valence-electron chi connectivity index (χ1n) is 4.25. The predicted octanol–water partition coefficient (Wildman–Crippen LogP) is 1.00. The number of halogens is 1. The van der Waals surface area contributed by atoms with Gasteiger partial charge in [-0.1, -0.05) is 22.9 Å². The summed E-state index contributed by atoms with van der Waals surface area (Å²) in [5, 5.41) is 9.44. The number of aliphatic carboxylic acids is 1. The maximum Gasteiger partial charge on any atom is 0.327 e.